The van der Waals surface area contributed by atoms with Gasteiger partial charge in [0.05, 0.1) is 0 Å². The number of nitrogens with one attached hydrogen (secondary N) is 1. The van der Waals surface area contributed by atoms with Crippen molar-refractivity contribution in [2.24, 2.45) is 0 Å². The second-order valence-electron chi connectivity index (χ2n) is 8.34. The van der Waals surface area contributed by atoms with E-state index in [4.69, 9.17) is 4.52 Å². The quantitative estimate of drug-likeness (QED) is 0.347. The van der Waals surface area contributed by atoms with Crippen LogP contribution in [0.5, 0.6) is 0 Å². The van der Waals surface area contributed by atoms with Crippen molar-refractivity contribution >= 4 is 17.7 Å². The average molecular weight is 473 g/mol. The lowest BCUT2D eigenvalue weighted by Crippen LogP contribution is -2.25. The number of amides is 1. The minimum Gasteiger partial charge on any atom is -0.356 e. The molecule has 1 N–H and O–H groups in total. The molecule has 0 bridgehead atoms. The van der Waals surface area contributed by atoms with E-state index < -0.39 is 0 Å². The number of carbonyl (C=O) groups excluding carboxylic acids is 1. The van der Waals surface area contributed by atoms with Crippen molar-refractivity contribution in [3.05, 3.63) is 41.3 Å². The third-order valence-electron chi connectivity index (χ3n) is 5.96. The van der Waals surface area contributed by atoms with Gasteiger partial charge >= 0.3 is 0 Å². The summed E-state index contributed by atoms with van der Waals surface area (Å²) in [5, 5.41) is 16.6. The lowest BCUT2D eigenvalue weighted by atomic mass is 10.1. The highest BCUT2D eigenvalue weighted by atomic mass is 32.2. The average Bonchev–Trinajstić information content (AvgIpc) is 3.57. The third-order valence-corrected chi connectivity index (χ3v) is 6.60. The van der Waals surface area contributed by atoms with Crippen LogP contribution in [-0.2, 0) is 17.6 Å². The predicted octanol–water partition coefficient (Wildman–Crippen LogP) is 4.29. The summed E-state index contributed by atoms with van der Waals surface area (Å²) in [5.41, 5.74) is 1.20. The molecule has 1 aliphatic rings. The molecule has 2 aromatic heterocycles. The van der Waals surface area contributed by atoms with Gasteiger partial charge in [0, 0.05) is 37.4 Å². The Labute approximate surface area is 196 Å². The van der Waals surface area contributed by atoms with Crippen LogP contribution >= 0.6 is 11.8 Å². The first kappa shape index (κ1) is 23.4. The number of benzene rings is 1. The molecule has 176 valence electrons. The molecular weight excluding hydrogens is 443 g/mol. The van der Waals surface area contributed by atoms with Crippen LogP contribution < -0.4 is 5.32 Å². The van der Waals surface area contributed by atoms with Gasteiger partial charge in [-0.15, -0.1) is 10.2 Å². The van der Waals surface area contributed by atoms with Crippen LogP contribution in [0.25, 0.3) is 11.4 Å². The minimum absolute atomic E-state index is 0.0607. The molecular formula is C23H29FN6O2S. The Morgan fingerprint density at radius 2 is 2.09 bits per heavy atom. The number of nitrogens with zero attached hydrogens (tertiary/aromatic N) is 5. The fourth-order valence-corrected chi connectivity index (χ4v) is 4.76. The highest BCUT2D eigenvalue weighted by molar-refractivity contribution is 7.98. The Balaban J connectivity index is 1.21. The van der Waals surface area contributed by atoms with E-state index in [1.165, 1.54) is 31.7 Å². The van der Waals surface area contributed by atoms with Crippen LogP contribution in [0, 0.1) is 12.7 Å². The molecule has 8 nitrogen and oxygen atoms in total. The maximum absolute atomic E-state index is 13.4. The summed E-state index contributed by atoms with van der Waals surface area (Å²) in [7, 11) is 0. The predicted molar refractivity (Wildman–Crippen MR) is 123 cm³/mol. The molecule has 2 heterocycles. The Morgan fingerprint density at radius 1 is 1.27 bits per heavy atom. The molecule has 0 atom stereocenters. The van der Waals surface area contributed by atoms with E-state index in [1.54, 1.807) is 30.8 Å². The number of aryl methyl sites for hydroxylation is 3. The fourth-order valence-electron chi connectivity index (χ4n) is 4.19. The molecule has 10 heteroatoms. The van der Waals surface area contributed by atoms with Crippen LogP contribution in [0.1, 0.15) is 61.8 Å². The van der Waals surface area contributed by atoms with Crippen LogP contribution in [0.4, 0.5) is 4.39 Å². The molecule has 1 amide bonds. The van der Waals surface area contributed by atoms with Gasteiger partial charge in [0.1, 0.15) is 11.6 Å². The summed E-state index contributed by atoms with van der Waals surface area (Å²) in [6.07, 6.45) is 9.14. The minimum atomic E-state index is -0.275. The molecule has 33 heavy (non-hydrogen) atoms. The van der Waals surface area contributed by atoms with Gasteiger partial charge in [-0.1, -0.05) is 29.8 Å². The molecule has 1 aliphatic carbocycles. The summed E-state index contributed by atoms with van der Waals surface area (Å²) in [4.78, 5) is 16.6. The summed E-state index contributed by atoms with van der Waals surface area (Å²) >= 11 is 1.64. The standard InChI is InChI=1S/C23H29FN6O2S/c1-15-14-16(9-10-18(15)24)22-26-21(32-29-22)12-11-20(31)25-13-5-8-19-27-28-23(33-2)30(19)17-6-3-4-7-17/h9-10,14,17H,3-8,11-13H2,1-2H3,(H,25,31). The number of rotatable bonds is 10. The first-order chi connectivity index (χ1) is 16.0. The van der Waals surface area contributed by atoms with Crippen LogP contribution in [0.3, 0.4) is 0 Å². The van der Waals surface area contributed by atoms with Gasteiger partial charge in [-0.25, -0.2) is 4.39 Å². The topological polar surface area (TPSA) is 98.7 Å². The number of aromatic nitrogens is 5. The molecule has 3 aromatic rings. The normalized spacial score (nSPS) is 14.2. The summed E-state index contributed by atoms with van der Waals surface area (Å²) in [6.45, 7) is 2.26. The largest absolute Gasteiger partial charge is 0.356 e. The van der Waals surface area contributed by atoms with Crippen molar-refractivity contribution in [3.63, 3.8) is 0 Å². The second kappa shape index (κ2) is 10.9. The second-order valence-corrected chi connectivity index (χ2v) is 9.11. The van der Waals surface area contributed by atoms with Crippen molar-refractivity contribution in [3.8, 4) is 11.4 Å². The fraction of sp³-hybridized carbons (Fsp3) is 0.522. The van der Waals surface area contributed by atoms with Crippen molar-refractivity contribution in [2.75, 3.05) is 12.8 Å². The van der Waals surface area contributed by atoms with E-state index in [9.17, 15) is 9.18 Å². The maximum atomic E-state index is 13.4. The van der Waals surface area contributed by atoms with Crippen molar-refractivity contribution < 1.29 is 13.7 Å². The van der Waals surface area contributed by atoms with Gasteiger partial charge in [-0.2, -0.15) is 4.98 Å². The number of carbonyl (C=O) groups is 1. The van der Waals surface area contributed by atoms with Gasteiger partial charge in [0.2, 0.25) is 17.6 Å². The van der Waals surface area contributed by atoms with Crippen molar-refractivity contribution in [1.29, 1.82) is 0 Å². The van der Waals surface area contributed by atoms with Crippen LogP contribution in [0.2, 0.25) is 0 Å². The summed E-state index contributed by atoms with van der Waals surface area (Å²) in [5.74, 6) is 1.45. The molecule has 1 aromatic carbocycles. The number of thioether (sulfide) groups is 1. The molecule has 1 fully saturated rings. The Bertz CT molecular complexity index is 1090. The van der Waals surface area contributed by atoms with Gasteiger partial charge in [-0.3, -0.25) is 4.79 Å². The molecule has 1 saturated carbocycles. The monoisotopic (exact) mass is 472 g/mol. The third kappa shape index (κ3) is 5.79. The van der Waals surface area contributed by atoms with Crippen molar-refractivity contribution in [2.45, 2.75) is 69.5 Å². The first-order valence-corrected chi connectivity index (χ1v) is 12.6. The number of hydrogen-bond acceptors (Lipinski definition) is 7. The molecule has 0 unspecified atom stereocenters. The van der Waals surface area contributed by atoms with Gasteiger partial charge < -0.3 is 14.4 Å². The zero-order valence-corrected chi connectivity index (χ0v) is 19.8. The summed E-state index contributed by atoms with van der Waals surface area (Å²) in [6, 6.07) is 5.17. The first-order valence-electron chi connectivity index (χ1n) is 11.4. The lowest BCUT2D eigenvalue weighted by Gasteiger charge is -2.16. The lowest BCUT2D eigenvalue weighted by molar-refractivity contribution is -0.121. The smallest absolute Gasteiger partial charge is 0.227 e. The Morgan fingerprint density at radius 3 is 2.85 bits per heavy atom. The zero-order chi connectivity index (χ0) is 23.2. The zero-order valence-electron chi connectivity index (χ0n) is 19.0. The van der Waals surface area contributed by atoms with Crippen LogP contribution in [-0.4, -0.2) is 43.6 Å². The van der Waals surface area contributed by atoms with Crippen LogP contribution in [0.15, 0.2) is 27.9 Å². The highest BCUT2D eigenvalue weighted by Crippen LogP contribution is 2.33. The SMILES string of the molecule is CSc1nnc(CCCNC(=O)CCc2nc(-c3ccc(F)c(C)c3)no2)n1C1CCCC1. The Hall–Kier alpha value is -2.75. The van der Waals surface area contributed by atoms with E-state index in [2.05, 4.69) is 30.2 Å². The van der Waals surface area contributed by atoms with E-state index in [0.29, 0.717) is 41.8 Å². The van der Waals surface area contributed by atoms with Gasteiger partial charge in [0.15, 0.2) is 5.16 Å². The molecule has 0 radical (unpaired) electrons. The van der Waals surface area contributed by atoms with Gasteiger partial charge in [0.25, 0.3) is 0 Å². The Kier molecular flexibility index (Phi) is 7.74. The number of halogens is 1. The maximum Gasteiger partial charge on any atom is 0.227 e. The van der Waals surface area contributed by atoms with Crippen molar-refractivity contribution in [1.82, 2.24) is 30.2 Å². The van der Waals surface area contributed by atoms with E-state index in [0.717, 1.165) is 23.8 Å². The molecule has 0 aliphatic heterocycles. The molecule has 4 rings (SSSR count). The molecule has 0 saturated heterocycles. The van der Waals surface area contributed by atoms with E-state index in [1.807, 2.05) is 6.26 Å². The van der Waals surface area contributed by atoms with Gasteiger partial charge in [-0.05, 0) is 56.2 Å². The molecule has 0 spiro atoms. The number of hydrogen-bond donors (Lipinski definition) is 1. The van der Waals surface area contributed by atoms with E-state index >= 15 is 0 Å². The summed E-state index contributed by atoms with van der Waals surface area (Å²) < 4.78 is 21.0. The highest BCUT2D eigenvalue weighted by Gasteiger charge is 2.23. The van der Waals surface area contributed by atoms with E-state index in [-0.39, 0.29) is 18.1 Å².